The second-order valence-corrected chi connectivity index (χ2v) is 6.25. The molecule has 0 aliphatic carbocycles. The number of carbonyl (C=O) groups is 3. The normalized spacial score (nSPS) is 11.3. The van der Waals surface area contributed by atoms with Crippen LogP contribution < -0.4 is 10.1 Å². The Labute approximate surface area is 168 Å². The number of aromatic hydroxyl groups is 1. The van der Waals surface area contributed by atoms with Crippen LogP contribution in [0.1, 0.15) is 24.5 Å². The molecule has 2 aromatic rings. The van der Waals surface area contributed by atoms with E-state index in [9.17, 15) is 19.5 Å². The van der Waals surface area contributed by atoms with Crippen LogP contribution >= 0.6 is 0 Å². The van der Waals surface area contributed by atoms with Crippen molar-refractivity contribution in [1.29, 1.82) is 0 Å². The van der Waals surface area contributed by atoms with Gasteiger partial charge in [0.1, 0.15) is 17.5 Å². The summed E-state index contributed by atoms with van der Waals surface area (Å²) in [7, 11) is 0. The maximum absolute atomic E-state index is 12.3. The van der Waals surface area contributed by atoms with Crippen molar-refractivity contribution in [2.45, 2.75) is 32.2 Å². The maximum Gasteiger partial charge on any atom is 0.511 e. The van der Waals surface area contributed by atoms with Crippen molar-refractivity contribution in [1.82, 2.24) is 5.32 Å². The summed E-state index contributed by atoms with van der Waals surface area (Å²) in [6.45, 7) is 1.86. The predicted molar refractivity (Wildman–Crippen MR) is 104 cm³/mol. The molecule has 0 bridgehead atoms. The Morgan fingerprint density at radius 2 is 1.62 bits per heavy atom. The first-order valence-corrected chi connectivity index (χ1v) is 9.11. The number of hydrogen-bond donors (Lipinski definition) is 3. The van der Waals surface area contributed by atoms with E-state index in [-0.39, 0.29) is 36.9 Å². The molecule has 1 amide bonds. The molecule has 0 aliphatic heterocycles. The molecule has 2 aromatic carbocycles. The number of esters is 1. The van der Waals surface area contributed by atoms with Gasteiger partial charge in [-0.15, -0.1) is 0 Å². The Hall–Kier alpha value is -3.55. The van der Waals surface area contributed by atoms with E-state index in [1.54, 1.807) is 43.3 Å². The van der Waals surface area contributed by atoms with E-state index in [0.717, 1.165) is 5.56 Å². The molecule has 0 fully saturated rings. The highest BCUT2D eigenvalue weighted by Crippen LogP contribution is 2.15. The van der Waals surface area contributed by atoms with Crippen molar-refractivity contribution < 1.29 is 34.1 Å². The van der Waals surface area contributed by atoms with Crippen LogP contribution in [-0.2, 0) is 27.2 Å². The highest BCUT2D eigenvalue weighted by atomic mass is 16.7. The summed E-state index contributed by atoms with van der Waals surface area (Å²) >= 11 is 0. The summed E-state index contributed by atoms with van der Waals surface area (Å²) in [5.74, 6) is -0.537. The molecule has 0 heterocycles. The summed E-state index contributed by atoms with van der Waals surface area (Å²) in [4.78, 5) is 35.1. The summed E-state index contributed by atoms with van der Waals surface area (Å²) in [5, 5.41) is 20.6. The van der Waals surface area contributed by atoms with Crippen molar-refractivity contribution in [3.8, 4) is 11.5 Å². The molecule has 0 radical (unpaired) electrons. The first-order valence-electron chi connectivity index (χ1n) is 9.11. The molecule has 0 saturated carbocycles. The minimum absolute atomic E-state index is 0.153. The van der Waals surface area contributed by atoms with Crippen molar-refractivity contribution in [3.05, 3.63) is 59.7 Å². The third-order valence-corrected chi connectivity index (χ3v) is 4.05. The highest BCUT2D eigenvalue weighted by Gasteiger charge is 2.22. The van der Waals surface area contributed by atoms with E-state index in [0.29, 0.717) is 12.0 Å². The van der Waals surface area contributed by atoms with Gasteiger partial charge in [0.05, 0.1) is 6.61 Å². The zero-order valence-corrected chi connectivity index (χ0v) is 16.0. The van der Waals surface area contributed by atoms with Gasteiger partial charge in [0.25, 0.3) is 0 Å². The number of nitrogens with one attached hydrogen (secondary N) is 1. The van der Waals surface area contributed by atoms with Gasteiger partial charge in [-0.1, -0.05) is 24.3 Å². The number of phenolic OH excluding ortho intramolecular Hbond substituents is 1. The van der Waals surface area contributed by atoms with E-state index >= 15 is 0 Å². The zero-order valence-electron chi connectivity index (χ0n) is 16.0. The number of aryl methyl sites for hydroxylation is 1. The fourth-order valence-corrected chi connectivity index (χ4v) is 2.65. The van der Waals surface area contributed by atoms with E-state index in [1.165, 1.54) is 12.1 Å². The third kappa shape index (κ3) is 7.53. The van der Waals surface area contributed by atoms with Crippen LogP contribution in [0, 0.1) is 0 Å². The maximum atomic E-state index is 12.3. The first kappa shape index (κ1) is 21.7. The van der Waals surface area contributed by atoms with Crippen LogP contribution in [0.3, 0.4) is 0 Å². The van der Waals surface area contributed by atoms with Crippen LogP contribution in [0.4, 0.5) is 4.79 Å². The molecule has 0 unspecified atom stereocenters. The van der Waals surface area contributed by atoms with Gasteiger partial charge < -0.3 is 25.0 Å². The smallest absolute Gasteiger partial charge is 0.508 e. The quantitative estimate of drug-likeness (QED) is 0.436. The molecule has 0 spiro atoms. The molecule has 154 valence electrons. The zero-order chi connectivity index (χ0) is 21.2. The Morgan fingerprint density at radius 3 is 2.21 bits per heavy atom. The molecule has 0 aliphatic rings. The van der Waals surface area contributed by atoms with Gasteiger partial charge in [-0.2, -0.15) is 0 Å². The largest absolute Gasteiger partial charge is 0.511 e. The van der Waals surface area contributed by atoms with Gasteiger partial charge in [0.2, 0.25) is 5.91 Å². The Balaban J connectivity index is 1.97. The van der Waals surface area contributed by atoms with Gasteiger partial charge >= 0.3 is 12.1 Å². The number of amides is 1. The van der Waals surface area contributed by atoms with Gasteiger partial charge in [-0.3, -0.25) is 4.79 Å². The van der Waals surface area contributed by atoms with Crippen LogP contribution in [0.2, 0.25) is 0 Å². The molecule has 8 nitrogen and oxygen atoms in total. The molecular formula is C21H23NO7. The van der Waals surface area contributed by atoms with Crippen LogP contribution in [-0.4, -0.2) is 40.9 Å². The van der Waals surface area contributed by atoms with E-state index < -0.39 is 18.2 Å². The Kier molecular flexibility index (Phi) is 8.02. The number of ether oxygens (including phenoxy) is 2. The van der Waals surface area contributed by atoms with Crippen molar-refractivity contribution in [2.24, 2.45) is 0 Å². The minimum atomic E-state index is -1.41. The number of carbonyl (C=O) groups excluding carboxylic acids is 2. The van der Waals surface area contributed by atoms with Crippen molar-refractivity contribution in [3.63, 3.8) is 0 Å². The standard InChI is InChI=1S/C21H23NO7/c1-2-28-20(25)18(13-15-5-10-17(11-6-15)29-21(26)27)22-19(24)12-7-14-3-8-16(23)9-4-14/h3-6,8-11,18,23H,2,7,12-13H2,1H3,(H,22,24)(H,26,27)/t18-/m0/s1. The van der Waals surface area contributed by atoms with Gasteiger partial charge in [-0.25, -0.2) is 9.59 Å². The van der Waals surface area contributed by atoms with Gasteiger partial charge in [0, 0.05) is 12.8 Å². The van der Waals surface area contributed by atoms with E-state index in [2.05, 4.69) is 10.1 Å². The second-order valence-electron chi connectivity index (χ2n) is 6.25. The van der Waals surface area contributed by atoms with Gasteiger partial charge in [-0.05, 0) is 48.7 Å². The topological polar surface area (TPSA) is 122 Å². The summed E-state index contributed by atoms with van der Waals surface area (Å²) in [6, 6.07) is 11.9. The van der Waals surface area contributed by atoms with Crippen LogP contribution in [0.15, 0.2) is 48.5 Å². The highest BCUT2D eigenvalue weighted by molar-refractivity contribution is 5.84. The number of phenols is 1. The second kappa shape index (κ2) is 10.7. The molecular weight excluding hydrogens is 378 g/mol. The summed E-state index contributed by atoms with van der Waals surface area (Å²) in [6.07, 6.45) is -0.588. The molecule has 1 atom stereocenters. The number of carboxylic acid groups (broad SMARTS) is 1. The van der Waals surface area contributed by atoms with E-state index in [1.807, 2.05) is 0 Å². The molecule has 2 rings (SSSR count). The average Bonchev–Trinajstić information content (AvgIpc) is 2.68. The van der Waals surface area contributed by atoms with E-state index in [4.69, 9.17) is 9.84 Å². The molecule has 29 heavy (non-hydrogen) atoms. The van der Waals surface area contributed by atoms with Crippen LogP contribution in [0.25, 0.3) is 0 Å². The fraction of sp³-hybridized carbons (Fsp3) is 0.286. The molecule has 8 heteroatoms. The first-order chi connectivity index (χ1) is 13.9. The lowest BCUT2D eigenvalue weighted by Crippen LogP contribution is -2.43. The Bertz CT molecular complexity index is 831. The average molecular weight is 401 g/mol. The summed E-state index contributed by atoms with van der Waals surface area (Å²) < 4.78 is 9.59. The summed E-state index contributed by atoms with van der Waals surface area (Å²) in [5.41, 5.74) is 1.60. The third-order valence-electron chi connectivity index (χ3n) is 4.05. The molecule has 0 saturated heterocycles. The lowest BCUT2D eigenvalue weighted by molar-refractivity contribution is -0.147. The number of hydrogen-bond acceptors (Lipinski definition) is 6. The number of rotatable bonds is 9. The SMILES string of the molecule is CCOC(=O)[C@H](Cc1ccc(OC(=O)O)cc1)NC(=O)CCc1ccc(O)cc1. The Morgan fingerprint density at radius 1 is 1.00 bits per heavy atom. The lowest BCUT2D eigenvalue weighted by Gasteiger charge is -2.17. The fourth-order valence-electron chi connectivity index (χ4n) is 2.65. The van der Waals surface area contributed by atoms with Crippen molar-refractivity contribution in [2.75, 3.05) is 6.61 Å². The molecule has 0 aromatic heterocycles. The number of benzene rings is 2. The molecule has 3 N–H and O–H groups in total. The van der Waals surface area contributed by atoms with Crippen molar-refractivity contribution >= 4 is 18.0 Å². The minimum Gasteiger partial charge on any atom is -0.508 e. The van der Waals surface area contributed by atoms with Crippen LogP contribution in [0.5, 0.6) is 11.5 Å². The van der Waals surface area contributed by atoms with Gasteiger partial charge in [0.15, 0.2) is 0 Å². The lowest BCUT2D eigenvalue weighted by atomic mass is 10.0. The monoisotopic (exact) mass is 401 g/mol. The predicted octanol–water partition coefficient (Wildman–Crippen LogP) is 2.67.